The van der Waals surface area contributed by atoms with E-state index in [2.05, 4.69) is 181 Å². The van der Waals surface area contributed by atoms with Crippen molar-refractivity contribution in [3.8, 4) is 0 Å². The first-order chi connectivity index (χ1) is 20.2. The van der Waals surface area contributed by atoms with Crippen LogP contribution in [0.4, 0.5) is 0 Å². The Morgan fingerprint density at radius 1 is 0.561 bits per heavy atom. The fourth-order valence-electron chi connectivity index (χ4n) is 5.82. The molecule has 0 saturated heterocycles. The van der Waals surface area contributed by atoms with Gasteiger partial charge in [0.1, 0.15) is 0 Å². The summed E-state index contributed by atoms with van der Waals surface area (Å²) in [7, 11) is -0.489. The molecule has 0 unspecified atom stereocenters. The van der Waals surface area contributed by atoms with E-state index in [1.165, 1.54) is 27.5 Å². The molecule has 4 heteroatoms. The van der Waals surface area contributed by atoms with Crippen LogP contribution >= 0.6 is 0 Å². The van der Waals surface area contributed by atoms with Gasteiger partial charge in [0.25, 0.3) is 0 Å². The molecular formula is C37H37BN2Si. The average molecular weight is 549 g/mol. The lowest BCUT2D eigenvalue weighted by atomic mass is 9.37. The normalized spacial score (nSPS) is 11.3. The summed E-state index contributed by atoms with van der Waals surface area (Å²) in [5, 5.41) is -0.0762. The molecule has 0 aliphatic rings. The van der Waals surface area contributed by atoms with Crippen LogP contribution in [0, 0.1) is 0 Å². The molecule has 0 aliphatic heterocycles. The third-order valence-electron chi connectivity index (χ3n) is 7.55. The minimum absolute atomic E-state index is 0.0762. The van der Waals surface area contributed by atoms with Gasteiger partial charge in [0, 0.05) is 12.4 Å². The van der Waals surface area contributed by atoms with Crippen LogP contribution in [-0.2, 0) is 5.16 Å². The topological polar surface area (TPSA) is 17.8 Å². The smallest absolute Gasteiger partial charge is 0.241 e. The number of aromatic nitrogens is 2. The monoisotopic (exact) mass is 548 g/mol. The number of rotatable bonds is 8. The molecule has 1 heterocycles. The molecule has 0 N–H and O–H groups in total. The summed E-state index contributed by atoms with van der Waals surface area (Å²) in [6.45, 7) is 4.98. The molecule has 0 aliphatic carbocycles. The zero-order valence-corrected chi connectivity index (χ0v) is 25.3. The van der Waals surface area contributed by atoms with E-state index in [9.17, 15) is 0 Å². The van der Waals surface area contributed by atoms with E-state index in [0.29, 0.717) is 12.3 Å². The Bertz CT molecular complexity index is 1420. The van der Waals surface area contributed by atoms with Gasteiger partial charge in [-0.05, 0) is 11.1 Å². The fraction of sp³-hybridized carbons (Fsp3) is 0.108. The van der Waals surface area contributed by atoms with Gasteiger partial charge in [-0.2, -0.15) is 0 Å². The van der Waals surface area contributed by atoms with Gasteiger partial charge in [-0.15, -0.1) is 0 Å². The van der Waals surface area contributed by atoms with E-state index in [0.717, 1.165) is 0 Å². The summed E-state index contributed by atoms with van der Waals surface area (Å²) in [6, 6.07) is 53.8. The lowest BCUT2D eigenvalue weighted by Gasteiger charge is -2.38. The molecule has 5 aromatic carbocycles. The van der Waals surface area contributed by atoms with E-state index in [4.69, 9.17) is 0 Å². The number of benzene rings is 5. The van der Waals surface area contributed by atoms with Crippen LogP contribution in [0.3, 0.4) is 0 Å². The highest BCUT2D eigenvalue weighted by Gasteiger charge is 2.36. The van der Waals surface area contributed by atoms with Gasteiger partial charge in [0.2, 0.25) is 6.71 Å². The molecule has 0 fully saturated rings. The Balaban J connectivity index is 0.000000166. The van der Waals surface area contributed by atoms with Crippen molar-refractivity contribution >= 4 is 32.6 Å². The Morgan fingerprint density at radius 2 is 0.927 bits per heavy atom. The Morgan fingerprint density at radius 3 is 1.24 bits per heavy atom. The van der Waals surface area contributed by atoms with Gasteiger partial charge in [-0.3, -0.25) is 0 Å². The summed E-state index contributed by atoms with van der Waals surface area (Å²) < 4.78 is 2.31. The number of nitrogens with zero attached hydrogens (tertiary/aromatic N) is 2. The van der Waals surface area contributed by atoms with Crippen molar-refractivity contribution in [1.29, 1.82) is 0 Å². The minimum atomic E-state index is -0.489. The zero-order valence-electron chi connectivity index (χ0n) is 23.9. The standard InChI is InChI=1S/C19H22N2Si.C18H15B/c1-16(2)22-19(21-14-13-20-15-21,17-9-5-3-6-10-17)18-11-7-4-8-12-18;1-4-10-16(11-5-1)19(17-12-6-2-7-13-17)18-14-8-3-9-15-18/h3-16H,22H2,1-2H3;1-15H. The van der Waals surface area contributed by atoms with Gasteiger partial charge >= 0.3 is 0 Å². The van der Waals surface area contributed by atoms with E-state index < -0.39 is 9.52 Å². The van der Waals surface area contributed by atoms with Crippen LogP contribution in [0.5, 0.6) is 0 Å². The Labute approximate surface area is 247 Å². The van der Waals surface area contributed by atoms with Crippen molar-refractivity contribution in [1.82, 2.24) is 9.55 Å². The van der Waals surface area contributed by atoms with Crippen molar-refractivity contribution in [2.75, 3.05) is 0 Å². The fourth-order valence-corrected chi connectivity index (χ4v) is 8.35. The Hall–Kier alpha value is -4.41. The minimum Gasteiger partial charge on any atom is -0.327 e. The summed E-state index contributed by atoms with van der Waals surface area (Å²) in [5.74, 6) is 0. The van der Waals surface area contributed by atoms with Gasteiger partial charge in [-0.1, -0.05) is 187 Å². The maximum Gasteiger partial charge on any atom is 0.241 e. The summed E-state index contributed by atoms with van der Waals surface area (Å²) in [5.41, 5.74) is 7.42. The predicted octanol–water partition coefficient (Wildman–Crippen LogP) is 5.83. The van der Waals surface area contributed by atoms with E-state index >= 15 is 0 Å². The highest BCUT2D eigenvalue weighted by atomic mass is 28.2. The highest BCUT2D eigenvalue weighted by Crippen LogP contribution is 2.35. The summed E-state index contributed by atoms with van der Waals surface area (Å²) >= 11 is 0. The van der Waals surface area contributed by atoms with Crippen LogP contribution in [0.2, 0.25) is 5.54 Å². The maximum absolute atomic E-state index is 4.33. The van der Waals surface area contributed by atoms with E-state index in [-0.39, 0.29) is 5.16 Å². The van der Waals surface area contributed by atoms with Crippen LogP contribution in [0.15, 0.2) is 170 Å². The van der Waals surface area contributed by atoms with Gasteiger partial charge in [-0.25, -0.2) is 4.98 Å². The van der Waals surface area contributed by atoms with Crippen LogP contribution in [0.25, 0.3) is 0 Å². The molecule has 202 valence electrons. The lowest BCUT2D eigenvalue weighted by molar-refractivity contribution is 0.585. The largest absolute Gasteiger partial charge is 0.327 e. The van der Waals surface area contributed by atoms with Crippen molar-refractivity contribution in [2.45, 2.75) is 24.6 Å². The second kappa shape index (κ2) is 13.8. The predicted molar refractivity (Wildman–Crippen MR) is 179 cm³/mol. The van der Waals surface area contributed by atoms with Crippen molar-refractivity contribution in [3.63, 3.8) is 0 Å². The second-order valence-corrected chi connectivity index (χ2v) is 13.9. The van der Waals surface area contributed by atoms with Gasteiger partial charge in [0.05, 0.1) is 21.0 Å². The van der Waals surface area contributed by atoms with Crippen LogP contribution < -0.4 is 16.4 Å². The molecule has 0 spiro atoms. The summed E-state index contributed by atoms with van der Waals surface area (Å²) in [4.78, 5) is 4.33. The Kier molecular flexibility index (Phi) is 9.46. The molecule has 1 aromatic heterocycles. The molecule has 6 rings (SSSR count). The molecule has 6 aromatic rings. The number of imidazole rings is 1. The van der Waals surface area contributed by atoms with Crippen molar-refractivity contribution < 1.29 is 0 Å². The quantitative estimate of drug-likeness (QED) is 0.219. The first-order valence-electron chi connectivity index (χ1n) is 14.4. The third kappa shape index (κ3) is 6.67. The average Bonchev–Trinajstić information content (AvgIpc) is 3.58. The van der Waals surface area contributed by atoms with Gasteiger partial charge in [0.15, 0.2) is 0 Å². The molecular weight excluding hydrogens is 511 g/mol. The SMILES string of the molecule is CC(C)[SiH2]C(c1ccccc1)(c1ccccc1)n1ccnc1.c1ccc(B(c2ccccc2)c2ccccc2)cc1. The van der Waals surface area contributed by atoms with Crippen LogP contribution in [-0.4, -0.2) is 25.8 Å². The lowest BCUT2D eigenvalue weighted by Crippen LogP contribution is -2.51. The summed E-state index contributed by atoms with van der Waals surface area (Å²) in [6.07, 6.45) is 5.96. The molecule has 0 atom stereocenters. The molecule has 0 amide bonds. The molecule has 0 bridgehead atoms. The van der Waals surface area contributed by atoms with Gasteiger partial charge < -0.3 is 4.57 Å². The highest BCUT2D eigenvalue weighted by molar-refractivity contribution is 6.95. The first kappa shape index (κ1) is 28.1. The zero-order chi connectivity index (χ0) is 28.3. The molecule has 0 radical (unpaired) electrons. The maximum atomic E-state index is 4.33. The van der Waals surface area contributed by atoms with E-state index in [1.807, 2.05) is 12.5 Å². The third-order valence-corrected chi connectivity index (χ3v) is 10.1. The van der Waals surface area contributed by atoms with E-state index in [1.54, 1.807) is 0 Å². The van der Waals surface area contributed by atoms with Crippen molar-refractivity contribution in [2.24, 2.45) is 0 Å². The number of hydrogen-bond acceptors (Lipinski definition) is 1. The molecule has 2 nitrogen and oxygen atoms in total. The number of hydrogen-bond donors (Lipinski definition) is 0. The second-order valence-electron chi connectivity index (χ2n) is 10.8. The van der Waals surface area contributed by atoms with Crippen molar-refractivity contribution in [3.05, 3.63) is 182 Å². The van der Waals surface area contributed by atoms with Crippen LogP contribution in [0.1, 0.15) is 25.0 Å². The first-order valence-corrected chi connectivity index (χ1v) is 15.9. The molecule has 0 saturated carbocycles. The molecule has 41 heavy (non-hydrogen) atoms.